The molecule has 4 rings (SSSR count). The maximum atomic E-state index is 12.9. The lowest BCUT2D eigenvalue weighted by molar-refractivity contribution is -0.136. The summed E-state index contributed by atoms with van der Waals surface area (Å²) in [4.78, 5) is 19.0. The van der Waals surface area contributed by atoms with E-state index >= 15 is 0 Å². The van der Waals surface area contributed by atoms with Gasteiger partial charge in [-0.1, -0.05) is 0 Å². The number of hydrogen-bond donors (Lipinski definition) is 2. The molecule has 22 heavy (non-hydrogen) atoms. The summed E-state index contributed by atoms with van der Waals surface area (Å²) in [7, 11) is 0. The van der Waals surface area contributed by atoms with Crippen molar-refractivity contribution in [2.24, 2.45) is 17.3 Å². The topological polar surface area (TPSA) is 78.6 Å². The van der Waals surface area contributed by atoms with Crippen molar-refractivity contribution in [2.75, 3.05) is 13.1 Å². The van der Waals surface area contributed by atoms with Gasteiger partial charge >= 0.3 is 0 Å². The minimum Gasteiger partial charge on any atom is -0.390 e. The molecule has 1 saturated heterocycles. The first-order valence-electron chi connectivity index (χ1n) is 8.19. The molecule has 6 nitrogen and oxygen atoms in total. The third kappa shape index (κ3) is 2.34. The largest absolute Gasteiger partial charge is 0.390 e. The van der Waals surface area contributed by atoms with Crippen LogP contribution in [0.5, 0.6) is 0 Å². The third-order valence-corrected chi connectivity index (χ3v) is 5.75. The first-order valence-corrected chi connectivity index (χ1v) is 8.19. The van der Waals surface area contributed by atoms with E-state index in [4.69, 9.17) is 0 Å². The van der Waals surface area contributed by atoms with Gasteiger partial charge in [-0.15, -0.1) is 0 Å². The molecule has 0 unspecified atom stereocenters. The number of amides is 1. The molecule has 0 aromatic carbocycles. The van der Waals surface area contributed by atoms with Crippen LogP contribution in [0.25, 0.3) is 0 Å². The fraction of sp³-hybridized carbons (Fsp3) is 0.750. The number of hydrogen-bond acceptors (Lipinski definition) is 4. The summed E-state index contributed by atoms with van der Waals surface area (Å²) in [5.74, 6) is 0.928. The van der Waals surface area contributed by atoms with E-state index in [1.54, 1.807) is 12.5 Å². The zero-order valence-electron chi connectivity index (χ0n) is 12.6. The van der Waals surface area contributed by atoms with E-state index in [-0.39, 0.29) is 11.3 Å². The molecule has 2 aliphatic carbocycles. The van der Waals surface area contributed by atoms with Crippen LogP contribution in [0.1, 0.15) is 25.7 Å². The van der Waals surface area contributed by atoms with E-state index in [1.807, 2.05) is 15.7 Å². The van der Waals surface area contributed by atoms with Gasteiger partial charge in [0.2, 0.25) is 5.91 Å². The van der Waals surface area contributed by atoms with Gasteiger partial charge < -0.3 is 19.7 Å². The summed E-state index contributed by atoms with van der Waals surface area (Å²) in [5, 5.41) is 19.7. The fourth-order valence-electron chi connectivity index (χ4n) is 4.23. The van der Waals surface area contributed by atoms with Crippen LogP contribution >= 0.6 is 0 Å². The summed E-state index contributed by atoms with van der Waals surface area (Å²) in [6.07, 6.45) is 7.28. The molecule has 1 aromatic rings. The molecule has 6 heteroatoms. The lowest BCUT2D eigenvalue weighted by Gasteiger charge is -2.31. The molecule has 2 saturated carbocycles. The van der Waals surface area contributed by atoms with E-state index in [0.717, 1.165) is 25.9 Å². The molecule has 2 heterocycles. The predicted molar refractivity (Wildman–Crippen MR) is 78.7 cm³/mol. The highest BCUT2D eigenvalue weighted by atomic mass is 16.3. The number of likely N-dealkylation sites (tertiary alicyclic amines) is 1. The first kappa shape index (κ1) is 14.2. The molecule has 1 amide bonds. The van der Waals surface area contributed by atoms with Crippen molar-refractivity contribution in [3.63, 3.8) is 0 Å². The number of aromatic nitrogens is 2. The number of carbonyl (C=O) groups excluding carboxylic acids is 1. The van der Waals surface area contributed by atoms with Crippen LogP contribution in [-0.2, 0) is 11.3 Å². The molecule has 1 aliphatic heterocycles. The Morgan fingerprint density at radius 3 is 2.32 bits per heavy atom. The van der Waals surface area contributed by atoms with Crippen molar-refractivity contribution in [2.45, 2.75) is 44.4 Å². The number of aliphatic hydroxyl groups is 2. The highest BCUT2D eigenvalue weighted by Gasteiger charge is 2.54. The van der Waals surface area contributed by atoms with Crippen molar-refractivity contribution in [3.8, 4) is 0 Å². The highest BCUT2D eigenvalue weighted by molar-refractivity contribution is 5.85. The SMILES string of the molecule is O=C(N1C[C@H]2C[C@H](O)[C@H](O)C[C@H]2C1)C1(Cn2ccnc2)CC1. The van der Waals surface area contributed by atoms with E-state index in [0.29, 0.717) is 31.2 Å². The Balaban J connectivity index is 1.44. The van der Waals surface area contributed by atoms with Gasteiger partial charge in [0, 0.05) is 32.0 Å². The Kier molecular flexibility index (Phi) is 3.27. The molecule has 3 aliphatic rings. The number of fused-ring (bicyclic) bond motifs is 1. The van der Waals surface area contributed by atoms with Crippen molar-refractivity contribution in [3.05, 3.63) is 18.7 Å². The van der Waals surface area contributed by atoms with Crippen LogP contribution in [0.4, 0.5) is 0 Å². The van der Waals surface area contributed by atoms with E-state index < -0.39 is 12.2 Å². The number of carbonyl (C=O) groups is 1. The zero-order chi connectivity index (χ0) is 15.3. The second-order valence-corrected chi connectivity index (χ2v) is 7.35. The second-order valence-electron chi connectivity index (χ2n) is 7.35. The van der Waals surface area contributed by atoms with Crippen molar-refractivity contribution in [1.82, 2.24) is 14.5 Å². The van der Waals surface area contributed by atoms with E-state index in [2.05, 4.69) is 4.98 Å². The molecule has 2 N–H and O–H groups in total. The summed E-state index contributed by atoms with van der Waals surface area (Å²) in [5.41, 5.74) is -0.245. The maximum absolute atomic E-state index is 12.9. The zero-order valence-corrected chi connectivity index (χ0v) is 12.6. The Labute approximate surface area is 129 Å². The van der Waals surface area contributed by atoms with Gasteiger partial charge in [0.25, 0.3) is 0 Å². The Morgan fingerprint density at radius 2 is 1.82 bits per heavy atom. The molecule has 0 radical (unpaired) electrons. The van der Waals surface area contributed by atoms with E-state index in [1.165, 1.54) is 0 Å². The molecule has 0 bridgehead atoms. The standard InChI is InChI=1S/C16H23N3O3/c20-13-5-11-7-19(8-12(11)6-14(13)21)15(22)16(1-2-16)9-18-4-3-17-10-18/h3-4,10-14,20-21H,1-2,5-9H2/t11-,12+,13+,14-. The van der Waals surface area contributed by atoms with Crippen LogP contribution in [-0.4, -0.2) is 55.9 Å². The molecule has 1 aromatic heterocycles. The summed E-state index contributed by atoms with van der Waals surface area (Å²) >= 11 is 0. The summed E-state index contributed by atoms with van der Waals surface area (Å²) in [6, 6.07) is 0. The number of imidazole rings is 1. The molecule has 0 spiro atoms. The lowest BCUT2D eigenvalue weighted by atomic mass is 9.79. The lowest BCUT2D eigenvalue weighted by Crippen LogP contribution is -2.38. The minimum absolute atomic E-state index is 0.245. The maximum Gasteiger partial charge on any atom is 0.230 e. The van der Waals surface area contributed by atoms with Crippen molar-refractivity contribution in [1.29, 1.82) is 0 Å². The van der Waals surface area contributed by atoms with Crippen LogP contribution in [0.3, 0.4) is 0 Å². The van der Waals surface area contributed by atoms with Crippen molar-refractivity contribution >= 4 is 5.91 Å². The van der Waals surface area contributed by atoms with Gasteiger partial charge in [-0.05, 0) is 37.5 Å². The molecular weight excluding hydrogens is 282 g/mol. The normalized spacial score (nSPS) is 36.2. The predicted octanol–water partition coefficient (Wildman–Crippen LogP) is 0.253. The summed E-state index contributed by atoms with van der Waals surface area (Å²) < 4.78 is 1.99. The molecule has 120 valence electrons. The van der Waals surface area contributed by atoms with Gasteiger partial charge in [-0.2, -0.15) is 0 Å². The quantitative estimate of drug-likeness (QED) is 0.839. The second kappa shape index (κ2) is 5.06. The van der Waals surface area contributed by atoms with Crippen LogP contribution in [0.2, 0.25) is 0 Å². The smallest absolute Gasteiger partial charge is 0.230 e. The Hall–Kier alpha value is -1.40. The number of aliphatic hydroxyl groups excluding tert-OH is 2. The van der Waals surface area contributed by atoms with Gasteiger partial charge in [0.15, 0.2) is 0 Å². The molecular formula is C16H23N3O3. The third-order valence-electron chi connectivity index (χ3n) is 5.75. The van der Waals surface area contributed by atoms with Crippen LogP contribution < -0.4 is 0 Å². The summed E-state index contributed by atoms with van der Waals surface area (Å²) in [6.45, 7) is 2.18. The van der Waals surface area contributed by atoms with Gasteiger partial charge in [0.1, 0.15) is 0 Å². The monoisotopic (exact) mass is 305 g/mol. The van der Waals surface area contributed by atoms with Crippen molar-refractivity contribution < 1.29 is 15.0 Å². The van der Waals surface area contributed by atoms with Gasteiger partial charge in [-0.25, -0.2) is 4.98 Å². The number of nitrogens with zero attached hydrogens (tertiary/aromatic N) is 3. The Morgan fingerprint density at radius 1 is 1.18 bits per heavy atom. The number of rotatable bonds is 3. The van der Waals surface area contributed by atoms with Crippen LogP contribution in [0, 0.1) is 17.3 Å². The molecule has 4 atom stereocenters. The van der Waals surface area contributed by atoms with Gasteiger partial charge in [0.05, 0.1) is 24.0 Å². The van der Waals surface area contributed by atoms with E-state index in [9.17, 15) is 15.0 Å². The van der Waals surface area contributed by atoms with Gasteiger partial charge in [-0.3, -0.25) is 4.79 Å². The fourth-order valence-corrected chi connectivity index (χ4v) is 4.23. The first-order chi connectivity index (χ1) is 10.6. The van der Waals surface area contributed by atoms with Crippen LogP contribution in [0.15, 0.2) is 18.7 Å². The average Bonchev–Trinajstić information content (AvgIpc) is 2.91. The molecule has 3 fully saturated rings. The Bertz CT molecular complexity index is 537. The average molecular weight is 305 g/mol. The highest BCUT2D eigenvalue weighted by Crippen LogP contribution is 2.50. The minimum atomic E-state index is -0.628.